The summed E-state index contributed by atoms with van der Waals surface area (Å²) in [5.74, 6) is -0.961. The highest BCUT2D eigenvalue weighted by atomic mass is 19.1. The molecule has 1 aromatic carbocycles. The number of halogens is 1. The van der Waals surface area contributed by atoms with Crippen LogP contribution in [0.3, 0.4) is 0 Å². The summed E-state index contributed by atoms with van der Waals surface area (Å²) in [6, 6.07) is 9.32. The van der Waals surface area contributed by atoms with Gasteiger partial charge in [-0.15, -0.1) is 0 Å². The Morgan fingerprint density at radius 2 is 1.96 bits per heavy atom. The summed E-state index contributed by atoms with van der Waals surface area (Å²) < 4.78 is 26.0. The van der Waals surface area contributed by atoms with Crippen molar-refractivity contribution in [3.05, 3.63) is 35.9 Å². The highest BCUT2D eigenvalue weighted by molar-refractivity contribution is 5.80. The number of benzene rings is 1. The minimum Gasteiger partial charge on any atom is -0.460 e. The second-order valence-electron chi connectivity index (χ2n) is 7.15. The van der Waals surface area contributed by atoms with Gasteiger partial charge in [0.1, 0.15) is 18.3 Å². The van der Waals surface area contributed by atoms with Crippen LogP contribution in [-0.2, 0) is 20.7 Å². The highest BCUT2D eigenvalue weighted by Crippen LogP contribution is 2.48. The molecule has 6 heteroatoms. The number of carbonyl (C=O) groups is 1. The van der Waals surface area contributed by atoms with Crippen LogP contribution in [0.4, 0.5) is 4.39 Å². The number of hydrogen-bond donors (Lipinski definition) is 1. The number of carbonyl (C=O) groups excluding carboxylic acids is 1. The number of aliphatic hydroxyl groups excluding tert-OH is 1. The van der Waals surface area contributed by atoms with E-state index in [0.29, 0.717) is 18.4 Å². The molecule has 1 N–H and O–H groups in total. The molecule has 0 aromatic heterocycles. The van der Waals surface area contributed by atoms with Gasteiger partial charge in [0.2, 0.25) is 5.67 Å². The lowest BCUT2D eigenvalue weighted by Crippen LogP contribution is -2.50. The number of fused-ring (bicyclic) bond motifs is 5. The predicted octanol–water partition coefficient (Wildman–Crippen LogP) is 1.09. The first kappa shape index (κ1) is 16.0. The second-order valence-corrected chi connectivity index (χ2v) is 7.15. The average molecular weight is 335 g/mol. The minimum atomic E-state index is -2.40. The Morgan fingerprint density at radius 1 is 1.33 bits per heavy atom. The minimum absolute atomic E-state index is 0.184. The largest absolute Gasteiger partial charge is 0.460 e. The summed E-state index contributed by atoms with van der Waals surface area (Å²) in [6.07, 6.45) is 1.30. The molecular weight excluding hydrogens is 313 g/mol. The number of epoxide rings is 1. The average Bonchev–Trinajstić information content (AvgIpc) is 3.33. The zero-order valence-corrected chi connectivity index (χ0v) is 13.6. The maximum atomic E-state index is 15.0. The number of piperidine rings is 1. The quantitative estimate of drug-likeness (QED) is 0.645. The molecule has 4 rings (SSSR count). The van der Waals surface area contributed by atoms with Crippen LogP contribution in [0.5, 0.6) is 0 Å². The van der Waals surface area contributed by atoms with Crippen molar-refractivity contribution in [2.75, 3.05) is 13.7 Å². The number of esters is 1. The first-order chi connectivity index (χ1) is 11.5. The van der Waals surface area contributed by atoms with Gasteiger partial charge in [0, 0.05) is 31.3 Å². The van der Waals surface area contributed by atoms with Gasteiger partial charge in [0.15, 0.2) is 0 Å². The topological polar surface area (TPSA) is 62.3 Å². The number of rotatable bonds is 5. The Morgan fingerprint density at radius 3 is 2.54 bits per heavy atom. The number of morpholine rings is 1. The fourth-order valence-corrected chi connectivity index (χ4v) is 4.17. The summed E-state index contributed by atoms with van der Waals surface area (Å²) in [7, 11) is 2.06. The molecule has 3 aliphatic heterocycles. The molecule has 3 heterocycles. The lowest BCUT2D eigenvalue weighted by atomic mass is 9.96. The second kappa shape index (κ2) is 5.79. The monoisotopic (exact) mass is 335 g/mol. The first-order valence-electron chi connectivity index (χ1n) is 8.44. The first-order valence-corrected chi connectivity index (χ1v) is 8.44. The van der Waals surface area contributed by atoms with E-state index < -0.39 is 18.2 Å². The Hall–Kier alpha value is -1.50. The predicted molar refractivity (Wildman–Crippen MR) is 84.2 cm³/mol. The molecule has 2 unspecified atom stereocenters. The van der Waals surface area contributed by atoms with Gasteiger partial charge in [-0.05, 0) is 12.6 Å². The number of alkyl halides is 1. The van der Waals surface area contributed by atoms with Crippen molar-refractivity contribution >= 4 is 5.97 Å². The van der Waals surface area contributed by atoms with Gasteiger partial charge in [-0.3, -0.25) is 4.90 Å². The maximum absolute atomic E-state index is 15.0. The van der Waals surface area contributed by atoms with Crippen molar-refractivity contribution in [2.24, 2.45) is 0 Å². The maximum Gasteiger partial charge on any atom is 0.346 e. The number of aliphatic hydroxyl groups is 1. The Labute approximate surface area is 140 Å². The van der Waals surface area contributed by atoms with Gasteiger partial charge in [-0.1, -0.05) is 30.3 Å². The van der Waals surface area contributed by atoms with Crippen LogP contribution in [0.15, 0.2) is 30.3 Å². The molecule has 0 spiro atoms. The smallest absolute Gasteiger partial charge is 0.346 e. The van der Waals surface area contributed by atoms with Crippen LogP contribution in [0.25, 0.3) is 0 Å². The fraction of sp³-hybridized carbons (Fsp3) is 0.611. The standard InChI is InChI=1S/C18H22FNO4/c1-20-13-7-12(8-14(20)16-15(13)24-16)23-17(22)18(19,10-21)9-11-5-3-2-4-6-11/h2-6,12-16,21H,7-10H2,1H3/t12?,13-,14+,15-,16+,18?. The molecule has 0 saturated carbocycles. The third-order valence-electron chi connectivity index (χ3n) is 5.59. The Kier molecular flexibility index (Phi) is 3.86. The van der Waals surface area contributed by atoms with E-state index in [-0.39, 0.29) is 36.8 Å². The zero-order chi connectivity index (χ0) is 16.9. The molecule has 24 heavy (non-hydrogen) atoms. The van der Waals surface area contributed by atoms with Gasteiger partial charge in [0.05, 0.1) is 6.61 Å². The van der Waals surface area contributed by atoms with Gasteiger partial charge in [-0.25, -0.2) is 9.18 Å². The molecule has 5 nitrogen and oxygen atoms in total. The molecule has 2 bridgehead atoms. The van der Waals surface area contributed by atoms with E-state index in [1.165, 1.54) is 0 Å². The molecule has 0 aliphatic carbocycles. The third-order valence-corrected chi connectivity index (χ3v) is 5.59. The summed E-state index contributed by atoms with van der Waals surface area (Å²) in [6.45, 7) is -0.880. The fourth-order valence-electron chi connectivity index (χ4n) is 4.17. The van der Waals surface area contributed by atoms with Crippen molar-refractivity contribution in [1.82, 2.24) is 4.90 Å². The van der Waals surface area contributed by atoms with Gasteiger partial charge in [-0.2, -0.15) is 0 Å². The lowest BCUT2D eigenvalue weighted by molar-refractivity contribution is -0.170. The molecule has 6 atom stereocenters. The number of nitrogens with zero attached hydrogens (tertiary/aromatic N) is 1. The van der Waals surface area contributed by atoms with Gasteiger partial charge in [0.25, 0.3) is 0 Å². The lowest BCUT2D eigenvalue weighted by Gasteiger charge is -2.38. The van der Waals surface area contributed by atoms with Crippen molar-refractivity contribution in [2.45, 2.75) is 55.3 Å². The summed E-state index contributed by atoms with van der Waals surface area (Å²) in [5.41, 5.74) is -1.74. The molecule has 130 valence electrons. The van der Waals surface area contributed by atoms with Gasteiger partial charge < -0.3 is 14.6 Å². The van der Waals surface area contributed by atoms with Crippen LogP contribution in [-0.4, -0.2) is 65.7 Å². The van der Waals surface area contributed by atoms with Crippen LogP contribution in [0, 0.1) is 0 Å². The normalized spacial score (nSPS) is 36.7. The molecule has 3 fully saturated rings. The SMILES string of the molecule is CN1[C@@H]2CC(OC(=O)C(F)(CO)Cc3ccccc3)C[C@H]1[C@@H]1O[C@@H]12. The molecule has 0 amide bonds. The van der Waals surface area contributed by atoms with Crippen molar-refractivity contribution < 1.29 is 23.8 Å². The zero-order valence-electron chi connectivity index (χ0n) is 13.6. The van der Waals surface area contributed by atoms with E-state index >= 15 is 0 Å². The van der Waals surface area contributed by atoms with E-state index in [1.807, 2.05) is 6.07 Å². The van der Waals surface area contributed by atoms with E-state index in [0.717, 1.165) is 0 Å². The van der Waals surface area contributed by atoms with E-state index in [1.54, 1.807) is 24.3 Å². The molecule has 3 saturated heterocycles. The molecular formula is C18H22FNO4. The van der Waals surface area contributed by atoms with Crippen molar-refractivity contribution in [3.8, 4) is 0 Å². The highest BCUT2D eigenvalue weighted by Gasteiger charge is 2.63. The molecule has 3 aliphatic rings. The third kappa shape index (κ3) is 2.62. The Balaban J connectivity index is 1.41. The molecule has 1 aromatic rings. The van der Waals surface area contributed by atoms with Crippen LogP contribution >= 0.6 is 0 Å². The van der Waals surface area contributed by atoms with Crippen LogP contribution in [0.2, 0.25) is 0 Å². The number of ether oxygens (including phenoxy) is 2. The summed E-state index contributed by atoms with van der Waals surface area (Å²) in [4.78, 5) is 14.7. The Bertz CT molecular complexity index is 609. The number of likely N-dealkylation sites (N-methyl/N-ethyl adjacent to an activating group) is 1. The van der Waals surface area contributed by atoms with E-state index in [4.69, 9.17) is 9.47 Å². The van der Waals surface area contributed by atoms with Crippen molar-refractivity contribution in [1.29, 1.82) is 0 Å². The number of hydrogen-bond acceptors (Lipinski definition) is 5. The van der Waals surface area contributed by atoms with Crippen LogP contribution < -0.4 is 0 Å². The summed E-state index contributed by atoms with van der Waals surface area (Å²) in [5, 5.41) is 9.45. The van der Waals surface area contributed by atoms with Crippen LogP contribution in [0.1, 0.15) is 18.4 Å². The van der Waals surface area contributed by atoms with Crippen molar-refractivity contribution in [3.63, 3.8) is 0 Å². The molecule has 0 radical (unpaired) electrons. The van der Waals surface area contributed by atoms with Gasteiger partial charge >= 0.3 is 5.97 Å². The summed E-state index contributed by atoms with van der Waals surface area (Å²) >= 11 is 0. The van der Waals surface area contributed by atoms with E-state index in [2.05, 4.69) is 11.9 Å². The van der Waals surface area contributed by atoms with E-state index in [9.17, 15) is 14.3 Å².